The molecule has 98 valence electrons. The van der Waals surface area contributed by atoms with E-state index in [9.17, 15) is 4.79 Å². The van der Waals surface area contributed by atoms with Crippen LogP contribution in [0, 0.1) is 0 Å². The second-order valence-electron chi connectivity index (χ2n) is 4.21. The van der Waals surface area contributed by atoms with Gasteiger partial charge in [-0.1, -0.05) is 13.0 Å². The van der Waals surface area contributed by atoms with Crippen molar-refractivity contribution in [2.75, 3.05) is 19.6 Å². The molecule has 1 amide bonds. The summed E-state index contributed by atoms with van der Waals surface area (Å²) in [5.41, 5.74) is -0.430. The van der Waals surface area contributed by atoms with E-state index in [-0.39, 0.29) is 18.3 Å². The molecule has 3 nitrogen and oxygen atoms in total. The molecular formula is C12H21ClN2OS. The maximum atomic E-state index is 12.0. The Balaban J connectivity index is 0.00000256. The first-order valence-corrected chi connectivity index (χ1v) is 6.50. The number of hydrogen-bond donors (Lipinski definition) is 2. The van der Waals surface area contributed by atoms with Crippen LogP contribution in [0.5, 0.6) is 0 Å². The van der Waals surface area contributed by atoms with Gasteiger partial charge in [-0.3, -0.25) is 4.79 Å². The number of rotatable bonds is 6. The van der Waals surface area contributed by atoms with Crippen LogP contribution >= 0.6 is 23.7 Å². The van der Waals surface area contributed by atoms with Gasteiger partial charge in [-0.05, 0) is 31.8 Å². The monoisotopic (exact) mass is 276 g/mol. The van der Waals surface area contributed by atoms with E-state index in [1.807, 2.05) is 31.4 Å². The van der Waals surface area contributed by atoms with Crippen molar-refractivity contribution in [1.82, 2.24) is 10.6 Å². The van der Waals surface area contributed by atoms with Crippen LogP contribution in [-0.4, -0.2) is 25.5 Å². The van der Waals surface area contributed by atoms with Gasteiger partial charge in [-0.15, -0.1) is 23.7 Å². The lowest BCUT2D eigenvalue weighted by molar-refractivity contribution is -0.125. The molecule has 0 aromatic carbocycles. The summed E-state index contributed by atoms with van der Waals surface area (Å²) in [6.07, 6.45) is 0. The molecule has 1 rings (SSSR count). The van der Waals surface area contributed by atoms with Crippen molar-refractivity contribution in [1.29, 1.82) is 0 Å². The summed E-state index contributed by atoms with van der Waals surface area (Å²) in [4.78, 5) is 13.1. The maximum absolute atomic E-state index is 12.0. The summed E-state index contributed by atoms with van der Waals surface area (Å²) in [7, 11) is 0. The van der Waals surface area contributed by atoms with E-state index in [1.165, 1.54) is 0 Å². The molecule has 0 fully saturated rings. The highest BCUT2D eigenvalue weighted by Crippen LogP contribution is 2.27. The first kappa shape index (κ1) is 16.4. The van der Waals surface area contributed by atoms with E-state index < -0.39 is 5.41 Å². The molecule has 0 radical (unpaired) electrons. The Bertz CT molecular complexity index is 325. The molecule has 0 saturated carbocycles. The van der Waals surface area contributed by atoms with Gasteiger partial charge in [0.25, 0.3) is 0 Å². The highest BCUT2D eigenvalue weighted by atomic mass is 35.5. The molecule has 0 aliphatic carbocycles. The first-order valence-electron chi connectivity index (χ1n) is 5.62. The highest BCUT2D eigenvalue weighted by molar-refractivity contribution is 7.10. The van der Waals surface area contributed by atoms with Crippen LogP contribution in [0.15, 0.2) is 17.5 Å². The molecule has 1 aromatic heterocycles. The predicted octanol–water partition coefficient (Wildman–Crippen LogP) is 2.17. The largest absolute Gasteiger partial charge is 0.354 e. The number of likely N-dealkylation sites (N-methyl/N-ethyl adjacent to an activating group) is 1. The van der Waals surface area contributed by atoms with Crippen LogP contribution in [0.25, 0.3) is 0 Å². The maximum Gasteiger partial charge on any atom is 0.230 e. The quantitative estimate of drug-likeness (QED) is 0.782. The minimum Gasteiger partial charge on any atom is -0.354 e. The van der Waals surface area contributed by atoms with Gasteiger partial charge in [-0.25, -0.2) is 0 Å². The summed E-state index contributed by atoms with van der Waals surface area (Å²) in [5, 5.41) is 8.13. The van der Waals surface area contributed by atoms with E-state index in [0.29, 0.717) is 6.54 Å². The fourth-order valence-corrected chi connectivity index (χ4v) is 2.26. The van der Waals surface area contributed by atoms with E-state index in [1.54, 1.807) is 11.3 Å². The number of thiophene rings is 1. The lowest BCUT2D eigenvalue weighted by atomic mass is 9.90. The topological polar surface area (TPSA) is 41.1 Å². The number of nitrogens with one attached hydrogen (secondary N) is 2. The highest BCUT2D eigenvalue weighted by Gasteiger charge is 2.30. The average molecular weight is 277 g/mol. The van der Waals surface area contributed by atoms with Gasteiger partial charge in [0.2, 0.25) is 5.91 Å². The minimum atomic E-state index is -0.430. The fourth-order valence-electron chi connectivity index (χ4n) is 1.41. The zero-order chi connectivity index (χ0) is 12.0. The molecule has 0 unspecified atom stereocenters. The molecule has 0 saturated heterocycles. The van der Waals surface area contributed by atoms with E-state index in [0.717, 1.165) is 18.0 Å². The van der Waals surface area contributed by atoms with Gasteiger partial charge in [-0.2, -0.15) is 0 Å². The van der Waals surface area contributed by atoms with Crippen LogP contribution in [0.4, 0.5) is 0 Å². The average Bonchev–Trinajstić information content (AvgIpc) is 2.77. The smallest absolute Gasteiger partial charge is 0.230 e. The van der Waals surface area contributed by atoms with Crippen LogP contribution in [0.3, 0.4) is 0 Å². The molecule has 1 aromatic rings. The van der Waals surface area contributed by atoms with Gasteiger partial charge in [0.15, 0.2) is 0 Å². The second kappa shape index (κ2) is 7.69. The molecule has 0 bridgehead atoms. The third-order valence-electron chi connectivity index (χ3n) is 2.54. The Hall–Kier alpha value is -0.580. The summed E-state index contributed by atoms with van der Waals surface area (Å²) >= 11 is 1.63. The van der Waals surface area contributed by atoms with Crippen molar-refractivity contribution < 1.29 is 4.79 Å². The third kappa shape index (κ3) is 4.66. The molecule has 17 heavy (non-hydrogen) atoms. The number of hydrogen-bond acceptors (Lipinski definition) is 3. The van der Waals surface area contributed by atoms with Gasteiger partial charge in [0.1, 0.15) is 0 Å². The molecule has 0 spiro atoms. The van der Waals surface area contributed by atoms with Crippen LogP contribution in [0.2, 0.25) is 0 Å². The Morgan fingerprint density at radius 2 is 2.12 bits per heavy atom. The molecule has 0 aliphatic heterocycles. The Labute approximate surface area is 113 Å². The van der Waals surface area contributed by atoms with Gasteiger partial charge in [0, 0.05) is 18.0 Å². The van der Waals surface area contributed by atoms with Crippen molar-refractivity contribution in [3.8, 4) is 0 Å². The number of amides is 1. The molecule has 2 N–H and O–H groups in total. The number of carbonyl (C=O) groups excluding carboxylic acids is 1. The normalized spacial score (nSPS) is 10.8. The summed E-state index contributed by atoms with van der Waals surface area (Å²) in [5.74, 6) is 0.0906. The molecule has 1 heterocycles. The van der Waals surface area contributed by atoms with Crippen LogP contribution in [-0.2, 0) is 10.2 Å². The van der Waals surface area contributed by atoms with Crippen molar-refractivity contribution >= 4 is 29.7 Å². The van der Waals surface area contributed by atoms with Crippen molar-refractivity contribution in [2.24, 2.45) is 0 Å². The van der Waals surface area contributed by atoms with E-state index in [4.69, 9.17) is 0 Å². The summed E-state index contributed by atoms with van der Waals surface area (Å²) < 4.78 is 0. The second-order valence-corrected chi connectivity index (χ2v) is 5.16. The van der Waals surface area contributed by atoms with Crippen LogP contribution < -0.4 is 10.6 Å². The Morgan fingerprint density at radius 1 is 1.41 bits per heavy atom. The van der Waals surface area contributed by atoms with Crippen LogP contribution in [0.1, 0.15) is 25.6 Å². The molecule has 5 heteroatoms. The molecular weight excluding hydrogens is 256 g/mol. The van der Waals surface area contributed by atoms with Gasteiger partial charge >= 0.3 is 0 Å². The van der Waals surface area contributed by atoms with Crippen molar-refractivity contribution in [2.45, 2.75) is 26.2 Å². The lowest BCUT2D eigenvalue weighted by Crippen LogP contribution is -2.42. The van der Waals surface area contributed by atoms with E-state index >= 15 is 0 Å². The fraction of sp³-hybridized carbons (Fsp3) is 0.583. The summed E-state index contributed by atoms with van der Waals surface area (Å²) in [6, 6.07) is 3.99. The van der Waals surface area contributed by atoms with Gasteiger partial charge in [0.05, 0.1) is 5.41 Å². The summed E-state index contributed by atoms with van der Waals surface area (Å²) in [6.45, 7) is 8.41. The minimum absolute atomic E-state index is 0. The molecule has 0 atom stereocenters. The Morgan fingerprint density at radius 3 is 2.65 bits per heavy atom. The zero-order valence-electron chi connectivity index (χ0n) is 10.6. The standard InChI is InChI=1S/C12H20N2OS.ClH/c1-4-13-7-8-14-11(15)12(2,3)10-6-5-9-16-10;/h5-6,9,13H,4,7-8H2,1-3H3,(H,14,15);1H. The van der Waals surface area contributed by atoms with E-state index in [2.05, 4.69) is 17.6 Å². The van der Waals surface area contributed by atoms with Gasteiger partial charge < -0.3 is 10.6 Å². The zero-order valence-corrected chi connectivity index (χ0v) is 12.2. The molecule has 0 aliphatic rings. The SMILES string of the molecule is CCNCCNC(=O)C(C)(C)c1cccs1.Cl. The van der Waals surface area contributed by atoms with Crippen molar-refractivity contribution in [3.63, 3.8) is 0 Å². The third-order valence-corrected chi connectivity index (χ3v) is 3.74. The lowest BCUT2D eigenvalue weighted by Gasteiger charge is -2.22. The predicted molar refractivity (Wildman–Crippen MR) is 76.1 cm³/mol. The van der Waals surface area contributed by atoms with Crippen molar-refractivity contribution in [3.05, 3.63) is 22.4 Å². The number of halogens is 1. The first-order chi connectivity index (χ1) is 7.59. The Kier molecular flexibility index (Phi) is 7.43. The number of carbonyl (C=O) groups is 1.